The largest absolute Gasteiger partial charge is 0.489 e. The van der Waals surface area contributed by atoms with Crippen LogP contribution < -0.4 is 10.1 Å². The Balaban J connectivity index is 1.22. The van der Waals surface area contributed by atoms with E-state index in [0.717, 1.165) is 52.3 Å². The lowest BCUT2D eigenvalue weighted by atomic mass is 10.1. The number of nitrogens with zero attached hydrogens (tertiary/aromatic N) is 4. The van der Waals surface area contributed by atoms with Gasteiger partial charge in [-0.25, -0.2) is 18.4 Å². The minimum Gasteiger partial charge on any atom is -0.489 e. The molecule has 1 aliphatic heterocycles. The number of aryl methyl sites for hydroxylation is 1. The second-order valence-electron chi connectivity index (χ2n) is 9.41. The fourth-order valence-corrected chi connectivity index (χ4v) is 5.69. The maximum Gasteiger partial charge on any atom is 0.152 e. The molecule has 1 fully saturated rings. The van der Waals surface area contributed by atoms with Crippen LogP contribution in [0.5, 0.6) is 5.75 Å². The summed E-state index contributed by atoms with van der Waals surface area (Å²) in [5.41, 5.74) is 3.77. The normalized spacial score (nSPS) is 16.4. The number of rotatable bonds is 9. The Morgan fingerprint density at radius 2 is 1.76 bits per heavy atom. The summed E-state index contributed by atoms with van der Waals surface area (Å²) in [4.78, 5) is 15.7. The Morgan fingerprint density at radius 1 is 1.00 bits per heavy atom. The van der Waals surface area contributed by atoms with Crippen LogP contribution in [0, 0.1) is 0 Å². The standard InChI is InChI=1S/C28H31N5O3S/c1-21(33-13-15-37(34,35)16-14-33)7-8-24-17-26-27(18-29-24)30-20-31-28(26)32-23-9-11-25(12-10-23)36-19-22-5-3-2-4-6-22/h2-6,9-12,17-18,20-21H,7-8,13-16,19H2,1H3,(H,30,31,32). The van der Waals surface area contributed by atoms with Crippen LogP contribution in [0.15, 0.2) is 73.2 Å². The van der Waals surface area contributed by atoms with E-state index in [1.165, 1.54) is 6.33 Å². The highest BCUT2D eigenvalue weighted by molar-refractivity contribution is 7.91. The van der Waals surface area contributed by atoms with E-state index >= 15 is 0 Å². The highest BCUT2D eigenvalue weighted by Gasteiger charge is 2.24. The Labute approximate surface area is 217 Å². The summed E-state index contributed by atoms with van der Waals surface area (Å²) in [6, 6.07) is 20.2. The molecule has 0 bridgehead atoms. The van der Waals surface area contributed by atoms with Crippen LogP contribution in [0.1, 0.15) is 24.6 Å². The first-order chi connectivity index (χ1) is 17.9. The lowest BCUT2D eigenvalue weighted by Crippen LogP contribution is -2.45. The van der Waals surface area contributed by atoms with E-state index in [4.69, 9.17) is 4.74 Å². The van der Waals surface area contributed by atoms with Crippen LogP contribution >= 0.6 is 0 Å². The molecule has 1 atom stereocenters. The van der Waals surface area contributed by atoms with E-state index in [2.05, 4.69) is 32.1 Å². The first kappa shape index (κ1) is 25.1. The number of hydrogen-bond donors (Lipinski definition) is 1. The van der Waals surface area contributed by atoms with E-state index in [0.29, 0.717) is 25.7 Å². The molecule has 1 N–H and O–H groups in total. The van der Waals surface area contributed by atoms with Gasteiger partial charge >= 0.3 is 0 Å². The number of anilines is 2. The van der Waals surface area contributed by atoms with Gasteiger partial charge in [0.25, 0.3) is 0 Å². The predicted octanol–water partition coefficient (Wildman–Crippen LogP) is 4.40. The monoisotopic (exact) mass is 517 g/mol. The molecule has 1 saturated heterocycles. The molecule has 2 aromatic heterocycles. The molecule has 4 aromatic rings. The molecule has 3 heterocycles. The van der Waals surface area contributed by atoms with Crippen LogP contribution in [0.25, 0.3) is 10.9 Å². The van der Waals surface area contributed by atoms with Gasteiger partial charge in [-0.15, -0.1) is 0 Å². The van der Waals surface area contributed by atoms with E-state index in [-0.39, 0.29) is 11.5 Å². The van der Waals surface area contributed by atoms with Gasteiger partial charge in [0.05, 0.1) is 23.2 Å². The Morgan fingerprint density at radius 3 is 2.51 bits per heavy atom. The molecule has 5 rings (SSSR count). The zero-order valence-corrected chi connectivity index (χ0v) is 21.7. The van der Waals surface area contributed by atoms with Gasteiger partial charge in [-0.1, -0.05) is 30.3 Å². The van der Waals surface area contributed by atoms with Crippen LogP contribution in [0.2, 0.25) is 0 Å². The molecule has 0 aliphatic carbocycles. The molecule has 0 radical (unpaired) electrons. The molecular formula is C28H31N5O3S. The third kappa shape index (κ3) is 6.61. The number of fused-ring (bicyclic) bond motifs is 1. The van der Waals surface area contributed by atoms with Gasteiger partial charge in [-0.3, -0.25) is 9.88 Å². The predicted molar refractivity (Wildman–Crippen MR) is 146 cm³/mol. The first-order valence-corrected chi connectivity index (χ1v) is 14.4. The highest BCUT2D eigenvalue weighted by Crippen LogP contribution is 2.25. The van der Waals surface area contributed by atoms with E-state index in [1.807, 2.05) is 60.7 Å². The van der Waals surface area contributed by atoms with Crippen LogP contribution in [-0.4, -0.2) is 58.9 Å². The SMILES string of the molecule is CC(CCc1cc2c(Nc3ccc(OCc4ccccc4)cc3)ncnc2cn1)N1CCS(=O)(=O)CC1. The summed E-state index contributed by atoms with van der Waals surface area (Å²) in [6.07, 6.45) is 5.02. The molecule has 37 heavy (non-hydrogen) atoms. The van der Waals surface area contributed by atoms with Gasteiger partial charge in [0, 0.05) is 35.9 Å². The average Bonchev–Trinajstić information content (AvgIpc) is 2.92. The van der Waals surface area contributed by atoms with Crippen molar-refractivity contribution in [2.75, 3.05) is 29.9 Å². The third-order valence-corrected chi connectivity index (χ3v) is 8.37. The van der Waals surface area contributed by atoms with Gasteiger partial charge in [0.15, 0.2) is 9.84 Å². The summed E-state index contributed by atoms with van der Waals surface area (Å²) < 4.78 is 29.3. The van der Waals surface area contributed by atoms with Crippen molar-refractivity contribution in [2.45, 2.75) is 32.4 Å². The number of pyridine rings is 1. The maximum atomic E-state index is 11.7. The number of sulfone groups is 1. The van der Waals surface area contributed by atoms with Crippen molar-refractivity contribution in [1.29, 1.82) is 0 Å². The van der Waals surface area contributed by atoms with Gasteiger partial charge < -0.3 is 10.1 Å². The van der Waals surface area contributed by atoms with Gasteiger partial charge in [0.2, 0.25) is 0 Å². The minimum atomic E-state index is -2.87. The summed E-state index contributed by atoms with van der Waals surface area (Å²) in [5, 5.41) is 4.31. The molecule has 1 unspecified atom stereocenters. The fourth-order valence-electron chi connectivity index (χ4n) is 4.46. The number of aromatic nitrogens is 3. The van der Waals surface area contributed by atoms with Crippen molar-refractivity contribution < 1.29 is 13.2 Å². The zero-order valence-electron chi connectivity index (χ0n) is 20.9. The number of nitrogens with one attached hydrogen (secondary N) is 1. The van der Waals surface area contributed by atoms with Crippen molar-refractivity contribution in [2.24, 2.45) is 0 Å². The molecule has 1 aliphatic rings. The van der Waals surface area contributed by atoms with Gasteiger partial charge in [0.1, 0.15) is 24.5 Å². The van der Waals surface area contributed by atoms with Crippen molar-refractivity contribution in [1.82, 2.24) is 19.9 Å². The van der Waals surface area contributed by atoms with E-state index in [9.17, 15) is 8.42 Å². The van der Waals surface area contributed by atoms with Crippen LogP contribution in [0.3, 0.4) is 0 Å². The smallest absolute Gasteiger partial charge is 0.152 e. The zero-order chi connectivity index (χ0) is 25.7. The Bertz CT molecular complexity index is 1430. The molecule has 0 saturated carbocycles. The Kier molecular flexibility index (Phi) is 7.62. The van der Waals surface area contributed by atoms with Crippen molar-refractivity contribution in [3.63, 3.8) is 0 Å². The molecule has 0 amide bonds. The molecule has 192 valence electrons. The number of benzene rings is 2. The van der Waals surface area contributed by atoms with Crippen molar-refractivity contribution in [3.05, 3.63) is 84.4 Å². The molecule has 9 heteroatoms. The summed E-state index contributed by atoms with van der Waals surface area (Å²) >= 11 is 0. The van der Waals surface area contributed by atoms with E-state index in [1.54, 1.807) is 6.20 Å². The van der Waals surface area contributed by atoms with Crippen molar-refractivity contribution >= 4 is 32.2 Å². The average molecular weight is 518 g/mol. The summed E-state index contributed by atoms with van der Waals surface area (Å²) in [5.74, 6) is 2.02. The van der Waals surface area contributed by atoms with E-state index < -0.39 is 9.84 Å². The third-order valence-electron chi connectivity index (χ3n) is 6.76. The quantitative estimate of drug-likeness (QED) is 0.349. The highest BCUT2D eigenvalue weighted by atomic mass is 32.2. The summed E-state index contributed by atoms with van der Waals surface area (Å²) in [6.45, 7) is 3.89. The molecule has 0 spiro atoms. The molecular weight excluding hydrogens is 486 g/mol. The second-order valence-corrected chi connectivity index (χ2v) is 11.7. The second kappa shape index (κ2) is 11.2. The van der Waals surface area contributed by atoms with Crippen molar-refractivity contribution in [3.8, 4) is 5.75 Å². The molecule has 8 nitrogen and oxygen atoms in total. The van der Waals surface area contributed by atoms with Gasteiger partial charge in [-0.05, 0) is 55.7 Å². The lowest BCUT2D eigenvalue weighted by Gasteiger charge is -2.32. The maximum absolute atomic E-state index is 11.7. The van der Waals surface area contributed by atoms with Crippen LogP contribution in [0.4, 0.5) is 11.5 Å². The molecule has 2 aromatic carbocycles. The first-order valence-electron chi connectivity index (χ1n) is 12.5. The Hall–Kier alpha value is -3.56. The lowest BCUT2D eigenvalue weighted by molar-refractivity contribution is 0.216. The number of ether oxygens (including phenoxy) is 1. The van der Waals surface area contributed by atoms with Crippen LogP contribution in [-0.2, 0) is 22.9 Å². The number of hydrogen-bond acceptors (Lipinski definition) is 8. The minimum absolute atomic E-state index is 0.248. The summed E-state index contributed by atoms with van der Waals surface area (Å²) in [7, 11) is -2.87. The topological polar surface area (TPSA) is 97.3 Å². The van der Waals surface area contributed by atoms with Gasteiger partial charge in [-0.2, -0.15) is 0 Å². The fraction of sp³-hybridized carbons (Fsp3) is 0.321.